The third-order valence-electron chi connectivity index (χ3n) is 3.48. The van der Waals surface area contributed by atoms with Gasteiger partial charge in [-0.3, -0.25) is 9.59 Å². The van der Waals surface area contributed by atoms with Gasteiger partial charge >= 0.3 is 0 Å². The lowest BCUT2D eigenvalue weighted by Gasteiger charge is -2.04. The minimum absolute atomic E-state index is 0.210. The van der Waals surface area contributed by atoms with Crippen LogP contribution in [0.3, 0.4) is 0 Å². The molecule has 6 nitrogen and oxygen atoms in total. The molecule has 25 heavy (non-hydrogen) atoms. The molecule has 3 rings (SSSR count). The quantitative estimate of drug-likeness (QED) is 0.574. The highest BCUT2D eigenvalue weighted by molar-refractivity contribution is 5.95. The van der Waals surface area contributed by atoms with Crippen LogP contribution >= 0.6 is 0 Å². The molecule has 1 aromatic heterocycles. The topological polar surface area (TPSA) is 80.9 Å². The fourth-order valence-corrected chi connectivity index (χ4v) is 2.30. The number of carbonyl (C=O) groups is 1. The van der Waals surface area contributed by atoms with Crippen molar-refractivity contribution in [2.24, 2.45) is 5.10 Å². The van der Waals surface area contributed by atoms with Crippen molar-refractivity contribution in [2.45, 2.75) is 6.92 Å². The van der Waals surface area contributed by atoms with Gasteiger partial charge in [0.2, 0.25) is 5.43 Å². The molecule has 1 heterocycles. The van der Waals surface area contributed by atoms with Crippen molar-refractivity contribution in [1.29, 1.82) is 0 Å². The summed E-state index contributed by atoms with van der Waals surface area (Å²) in [5.74, 6) is 0.206. The predicted molar refractivity (Wildman–Crippen MR) is 95.2 cm³/mol. The molecule has 0 aliphatic heterocycles. The van der Waals surface area contributed by atoms with Gasteiger partial charge < -0.3 is 9.15 Å². The maximum absolute atomic E-state index is 12.3. The summed E-state index contributed by atoms with van der Waals surface area (Å²) in [5, 5.41) is 4.30. The summed E-state index contributed by atoms with van der Waals surface area (Å²) in [5.41, 5.74) is 3.34. The molecule has 0 fully saturated rings. The summed E-state index contributed by atoms with van der Waals surface area (Å²) in [4.78, 5) is 24.4. The summed E-state index contributed by atoms with van der Waals surface area (Å²) < 4.78 is 10.7. The van der Waals surface area contributed by atoms with Crippen LogP contribution in [0.15, 0.2) is 69.1 Å². The van der Waals surface area contributed by atoms with Gasteiger partial charge in [-0.15, -0.1) is 0 Å². The molecular formula is C19H16N2O4. The van der Waals surface area contributed by atoms with Crippen molar-refractivity contribution in [3.05, 3.63) is 76.1 Å². The van der Waals surface area contributed by atoms with Gasteiger partial charge in [-0.1, -0.05) is 18.2 Å². The van der Waals surface area contributed by atoms with Crippen molar-refractivity contribution < 1.29 is 13.9 Å². The highest BCUT2D eigenvalue weighted by Crippen LogP contribution is 2.13. The van der Waals surface area contributed by atoms with E-state index in [4.69, 9.17) is 9.15 Å². The number of fused-ring (bicyclic) bond motifs is 1. The molecular weight excluding hydrogens is 320 g/mol. The van der Waals surface area contributed by atoms with Gasteiger partial charge in [-0.2, -0.15) is 5.10 Å². The van der Waals surface area contributed by atoms with E-state index >= 15 is 0 Å². The molecule has 0 spiro atoms. The molecule has 0 aliphatic rings. The van der Waals surface area contributed by atoms with Crippen molar-refractivity contribution in [3.8, 4) is 5.75 Å². The average molecular weight is 336 g/mol. The van der Waals surface area contributed by atoms with Crippen LogP contribution in [0.4, 0.5) is 0 Å². The van der Waals surface area contributed by atoms with E-state index in [9.17, 15) is 9.59 Å². The number of nitrogens with zero attached hydrogens (tertiary/aromatic N) is 1. The van der Waals surface area contributed by atoms with Crippen molar-refractivity contribution in [1.82, 2.24) is 5.43 Å². The minimum atomic E-state index is -0.400. The van der Waals surface area contributed by atoms with Gasteiger partial charge in [-0.05, 0) is 37.3 Å². The van der Waals surface area contributed by atoms with E-state index < -0.39 is 5.91 Å². The smallest absolute Gasteiger partial charge is 0.271 e. The first-order valence-corrected chi connectivity index (χ1v) is 7.76. The fourth-order valence-electron chi connectivity index (χ4n) is 2.30. The Morgan fingerprint density at radius 2 is 2.08 bits per heavy atom. The second-order valence-electron chi connectivity index (χ2n) is 5.18. The number of benzene rings is 2. The first-order valence-electron chi connectivity index (χ1n) is 7.76. The predicted octanol–water partition coefficient (Wildman–Crippen LogP) is 2.96. The first kappa shape index (κ1) is 16.4. The van der Waals surface area contributed by atoms with Crippen LogP contribution in [0, 0.1) is 0 Å². The van der Waals surface area contributed by atoms with Crippen LogP contribution in [0.5, 0.6) is 5.75 Å². The summed E-state index contributed by atoms with van der Waals surface area (Å²) >= 11 is 0. The van der Waals surface area contributed by atoms with E-state index in [1.54, 1.807) is 48.5 Å². The van der Waals surface area contributed by atoms with E-state index in [1.807, 2.05) is 6.92 Å². The summed E-state index contributed by atoms with van der Waals surface area (Å²) in [6.07, 6.45) is 2.58. The summed E-state index contributed by atoms with van der Waals surface area (Å²) in [6, 6.07) is 13.7. The third-order valence-corrected chi connectivity index (χ3v) is 3.48. The SMILES string of the molecule is CCOc1cccc(C(=O)N/N=C/c2coc3ccccc3c2=O)c1. The molecule has 0 aliphatic carbocycles. The maximum Gasteiger partial charge on any atom is 0.271 e. The van der Waals surface area contributed by atoms with Crippen LogP contribution in [0.2, 0.25) is 0 Å². The van der Waals surface area contributed by atoms with E-state index in [2.05, 4.69) is 10.5 Å². The summed E-state index contributed by atoms with van der Waals surface area (Å²) in [6.45, 7) is 2.38. The molecule has 3 aromatic rings. The number of carbonyl (C=O) groups excluding carboxylic acids is 1. The average Bonchev–Trinajstić information content (AvgIpc) is 2.64. The molecule has 0 unspecified atom stereocenters. The molecule has 126 valence electrons. The normalized spacial score (nSPS) is 10.9. The number of hydrogen-bond donors (Lipinski definition) is 1. The highest BCUT2D eigenvalue weighted by Gasteiger charge is 2.07. The van der Waals surface area contributed by atoms with Gasteiger partial charge in [0, 0.05) is 5.56 Å². The Balaban J connectivity index is 1.75. The first-order chi connectivity index (χ1) is 12.2. The Bertz CT molecular complexity index is 992. The van der Waals surface area contributed by atoms with Crippen molar-refractivity contribution in [2.75, 3.05) is 6.61 Å². The molecule has 1 N–H and O–H groups in total. The van der Waals surface area contributed by atoms with E-state index in [0.717, 1.165) is 0 Å². The second-order valence-corrected chi connectivity index (χ2v) is 5.18. The number of ether oxygens (including phenoxy) is 1. The zero-order valence-corrected chi connectivity index (χ0v) is 13.6. The maximum atomic E-state index is 12.3. The number of hydrogen-bond acceptors (Lipinski definition) is 5. The Labute approximate surface area is 143 Å². The molecule has 6 heteroatoms. The Morgan fingerprint density at radius 1 is 1.24 bits per heavy atom. The van der Waals surface area contributed by atoms with Crippen molar-refractivity contribution >= 4 is 23.1 Å². The van der Waals surface area contributed by atoms with Gasteiger partial charge in [0.15, 0.2) is 0 Å². The number of nitrogens with one attached hydrogen (secondary N) is 1. The third kappa shape index (κ3) is 3.74. The van der Waals surface area contributed by atoms with Crippen LogP contribution in [0.25, 0.3) is 11.0 Å². The fraction of sp³-hybridized carbons (Fsp3) is 0.105. The van der Waals surface area contributed by atoms with Crippen LogP contribution in [-0.4, -0.2) is 18.7 Å². The van der Waals surface area contributed by atoms with Gasteiger partial charge in [0.1, 0.15) is 17.6 Å². The standard InChI is InChI=1S/C19H16N2O4/c1-2-24-15-7-5-6-13(10-15)19(23)21-20-11-14-12-25-17-9-4-3-8-16(17)18(14)22/h3-12H,2H2,1H3,(H,21,23)/b20-11+. The minimum Gasteiger partial charge on any atom is -0.494 e. The number of rotatable bonds is 5. The number of hydrazone groups is 1. The highest BCUT2D eigenvalue weighted by atomic mass is 16.5. The van der Waals surface area contributed by atoms with Crippen LogP contribution in [0.1, 0.15) is 22.8 Å². The zero-order chi connectivity index (χ0) is 17.6. The zero-order valence-electron chi connectivity index (χ0n) is 13.6. The lowest BCUT2D eigenvalue weighted by molar-refractivity contribution is 0.0954. The molecule has 2 aromatic carbocycles. The molecule has 0 saturated heterocycles. The molecule has 0 atom stereocenters. The van der Waals surface area contributed by atoms with E-state index in [1.165, 1.54) is 12.5 Å². The van der Waals surface area contributed by atoms with Gasteiger partial charge in [-0.25, -0.2) is 5.43 Å². The molecule has 0 saturated carbocycles. The van der Waals surface area contributed by atoms with E-state index in [0.29, 0.717) is 28.9 Å². The molecule has 1 amide bonds. The monoisotopic (exact) mass is 336 g/mol. The Morgan fingerprint density at radius 3 is 2.92 bits per heavy atom. The van der Waals surface area contributed by atoms with Crippen molar-refractivity contribution in [3.63, 3.8) is 0 Å². The summed E-state index contributed by atoms with van der Waals surface area (Å²) in [7, 11) is 0. The van der Waals surface area contributed by atoms with Crippen LogP contribution < -0.4 is 15.6 Å². The van der Waals surface area contributed by atoms with E-state index in [-0.39, 0.29) is 11.0 Å². The lowest BCUT2D eigenvalue weighted by atomic mass is 10.2. The van der Waals surface area contributed by atoms with Gasteiger partial charge in [0.05, 0.1) is 23.8 Å². The second kappa shape index (κ2) is 7.44. The molecule has 0 radical (unpaired) electrons. The van der Waals surface area contributed by atoms with Gasteiger partial charge in [0.25, 0.3) is 5.91 Å². The molecule has 0 bridgehead atoms. The largest absolute Gasteiger partial charge is 0.494 e. The number of amides is 1. The van der Waals surface area contributed by atoms with Crippen LogP contribution in [-0.2, 0) is 0 Å². The number of para-hydroxylation sites is 1. The lowest BCUT2D eigenvalue weighted by Crippen LogP contribution is -2.18. The Hall–Kier alpha value is -3.41. The Kier molecular flexibility index (Phi) is 4.89.